The van der Waals surface area contributed by atoms with Crippen LogP contribution in [0.15, 0.2) is 6.20 Å². The van der Waals surface area contributed by atoms with Crippen LogP contribution in [-0.4, -0.2) is 27.6 Å². The molecular formula is C7H10N4OS. The number of hydrogen-bond acceptors (Lipinski definition) is 5. The summed E-state index contributed by atoms with van der Waals surface area (Å²) in [6, 6.07) is 0.495. The average molecular weight is 198 g/mol. The fraction of sp³-hybridized carbons (Fsp3) is 0.571. The zero-order valence-corrected chi connectivity index (χ0v) is 7.75. The summed E-state index contributed by atoms with van der Waals surface area (Å²) in [4.78, 5) is 12.0. The number of nitrogens with zero attached hydrogens (tertiary/aromatic N) is 2. The zero-order valence-electron chi connectivity index (χ0n) is 6.93. The summed E-state index contributed by atoms with van der Waals surface area (Å²) in [6.07, 6.45) is 3.22. The lowest BCUT2D eigenvalue weighted by molar-refractivity contribution is 0.0914. The second kappa shape index (κ2) is 3.39. The Morgan fingerprint density at radius 1 is 1.69 bits per heavy atom. The van der Waals surface area contributed by atoms with Crippen LogP contribution < -0.4 is 11.1 Å². The van der Waals surface area contributed by atoms with Gasteiger partial charge in [0.1, 0.15) is 4.88 Å². The standard InChI is InChI=1S/C7H10N4OS/c8-4-1-5(2-4)10-7(12)6-3-9-11-13-6/h3-5H,1-2,8H2,(H,10,12). The van der Waals surface area contributed by atoms with Crippen molar-refractivity contribution in [2.45, 2.75) is 24.9 Å². The minimum Gasteiger partial charge on any atom is -0.348 e. The van der Waals surface area contributed by atoms with Gasteiger partial charge in [0.25, 0.3) is 5.91 Å². The molecule has 0 unspecified atom stereocenters. The Morgan fingerprint density at radius 2 is 2.46 bits per heavy atom. The first-order valence-electron chi connectivity index (χ1n) is 4.09. The molecule has 0 spiro atoms. The number of carbonyl (C=O) groups is 1. The van der Waals surface area contributed by atoms with Crippen LogP contribution in [0.5, 0.6) is 0 Å². The molecule has 5 nitrogen and oxygen atoms in total. The molecule has 1 aliphatic rings. The Balaban J connectivity index is 1.86. The van der Waals surface area contributed by atoms with Crippen LogP contribution in [0.2, 0.25) is 0 Å². The summed E-state index contributed by atoms with van der Waals surface area (Å²) in [5.74, 6) is -0.0908. The van der Waals surface area contributed by atoms with Crippen molar-refractivity contribution >= 4 is 17.4 Å². The molecule has 13 heavy (non-hydrogen) atoms. The van der Waals surface area contributed by atoms with E-state index < -0.39 is 0 Å². The molecule has 0 atom stereocenters. The van der Waals surface area contributed by atoms with Gasteiger partial charge in [0.05, 0.1) is 6.20 Å². The Hall–Kier alpha value is -1.01. The van der Waals surface area contributed by atoms with Gasteiger partial charge < -0.3 is 11.1 Å². The molecular weight excluding hydrogens is 188 g/mol. The second-order valence-corrected chi connectivity index (χ2v) is 3.97. The first kappa shape index (κ1) is 8.58. The molecule has 70 valence electrons. The molecule has 1 heterocycles. The van der Waals surface area contributed by atoms with Crippen LogP contribution in [0.4, 0.5) is 0 Å². The number of hydrogen-bond donors (Lipinski definition) is 2. The maximum absolute atomic E-state index is 11.4. The Bertz CT molecular complexity index is 293. The van der Waals surface area contributed by atoms with Crippen molar-refractivity contribution in [1.29, 1.82) is 0 Å². The third kappa shape index (κ3) is 1.84. The minimum atomic E-state index is -0.0908. The van der Waals surface area contributed by atoms with Crippen molar-refractivity contribution in [1.82, 2.24) is 14.9 Å². The van der Waals surface area contributed by atoms with Gasteiger partial charge in [-0.25, -0.2) is 0 Å². The Labute approximate surface area is 79.5 Å². The summed E-state index contributed by atoms with van der Waals surface area (Å²) in [6.45, 7) is 0. The first-order valence-corrected chi connectivity index (χ1v) is 4.87. The van der Waals surface area contributed by atoms with E-state index in [0.29, 0.717) is 4.88 Å². The second-order valence-electron chi connectivity index (χ2n) is 3.18. The van der Waals surface area contributed by atoms with Gasteiger partial charge in [-0.15, -0.1) is 5.10 Å². The van der Waals surface area contributed by atoms with E-state index in [2.05, 4.69) is 14.9 Å². The van der Waals surface area contributed by atoms with E-state index in [4.69, 9.17) is 5.73 Å². The van der Waals surface area contributed by atoms with Crippen LogP contribution >= 0.6 is 11.5 Å². The van der Waals surface area contributed by atoms with Crippen molar-refractivity contribution in [2.24, 2.45) is 5.73 Å². The lowest BCUT2D eigenvalue weighted by atomic mass is 9.87. The third-order valence-corrected chi connectivity index (χ3v) is 2.76. The maximum atomic E-state index is 11.4. The molecule has 2 rings (SSSR count). The molecule has 0 aliphatic heterocycles. The van der Waals surface area contributed by atoms with E-state index in [1.54, 1.807) is 0 Å². The molecule has 1 amide bonds. The zero-order chi connectivity index (χ0) is 9.26. The van der Waals surface area contributed by atoms with Gasteiger partial charge in [0, 0.05) is 12.1 Å². The Morgan fingerprint density at radius 3 is 3.00 bits per heavy atom. The van der Waals surface area contributed by atoms with Crippen molar-refractivity contribution in [3.8, 4) is 0 Å². The van der Waals surface area contributed by atoms with E-state index in [1.807, 2.05) is 0 Å². The van der Waals surface area contributed by atoms with Gasteiger partial charge in [-0.3, -0.25) is 4.79 Å². The maximum Gasteiger partial charge on any atom is 0.264 e. The number of nitrogens with two attached hydrogens (primary N) is 1. The fourth-order valence-corrected chi connectivity index (χ4v) is 1.72. The molecule has 3 N–H and O–H groups in total. The van der Waals surface area contributed by atoms with E-state index in [-0.39, 0.29) is 18.0 Å². The van der Waals surface area contributed by atoms with E-state index >= 15 is 0 Å². The van der Waals surface area contributed by atoms with Gasteiger partial charge >= 0.3 is 0 Å². The molecule has 1 saturated carbocycles. The van der Waals surface area contributed by atoms with E-state index in [9.17, 15) is 4.79 Å². The lowest BCUT2D eigenvalue weighted by Crippen LogP contribution is -2.50. The number of carbonyl (C=O) groups excluding carboxylic acids is 1. The minimum absolute atomic E-state index is 0.0908. The Kier molecular flexibility index (Phi) is 2.24. The van der Waals surface area contributed by atoms with E-state index in [1.165, 1.54) is 6.20 Å². The predicted molar refractivity (Wildman–Crippen MR) is 48.4 cm³/mol. The molecule has 1 aliphatic carbocycles. The molecule has 0 aromatic carbocycles. The number of aromatic nitrogens is 2. The fourth-order valence-electron chi connectivity index (χ4n) is 1.30. The van der Waals surface area contributed by atoms with Crippen LogP contribution in [0, 0.1) is 0 Å². The van der Waals surface area contributed by atoms with Crippen molar-refractivity contribution in [2.75, 3.05) is 0 Å². The summed E-state index contributed by atoms with van der Waals surface area (Å²) < 4.78 is 3.62. The van der Waals surface area contributed by atoms with Crippen LogP contribution in [0.25, 0.3) is 0 Å². The van der Waals surface area contributed by atoms with Gasteiger partial charge in [-0.05, 0) is 24.4 Å². The topological polar surface area (TPSA) is 80.9 Å². The molecule has 6 heteroatoms. The molecule has 0 saturated heterocycles. The molecule has 1 fully saturated rings. The summed E-state index contributed by atoms with van der Waals surface area (Å²) in [5.41, 5.74) is 5.59. The quantitative estimate of drug-likeness (QED) is 0.687. The third-order valence-electron chi connectivity index (χ3n) is 2.09. The summed E-state index contributed by atoms with van der Waals surface area (Å²) >= 11 is 1.10. The van der Waals surface area contributed by atoms with Gasteiger partial charge in [0.2, 0.25) is 0 Å². The van der Waals surface area contributed by atoms with Gasteiger partial charge in [-0.2, -0.15) is 0 Å². The molecule has 0 radical (unpaired) electrons. The van der Waals surface area contributed by atoms with Crippen molar-refractivity contribution < 1.29 is 4.79 Å². The molecule has 1 aromatic rings. The van der Waals surface area contributed by atoms with Crippen molar-refractivity contribution in [3.63, 3.8) is 0 Å². The van der Waals surface area contributed by atoms with E-state index in [0.717, 1.165) is 24.4 Å². The summed E-state index contributed by atoms with van der Waals surface area (Å²) in [7, 11) is 0. The van der Waals surface area contributed by atoms with Crippen molar-refractivity contribution in [3.05, 3.63) is 11.1 Å². The van der Waals surface area contributed by atoms with Crippen LogP contribution in [0.3, 0.4) is 0 Å². The normalized spacial score (nSPS) is 26.5. The highest BCUT2D eigenvalue weighted by atomic mass is 32.1. The predicted octanol–water partition coefficient (Wildman–Crippen LogP) is -0.242. The molecule has 0 bridgehead atoms. The number of nitrogens with one attached hydrogen (secondary N) is 1. The monoisotopic (exact) mass is 198 g/mol. The molecule has 1 aromatic heterocycles. The lowest BCUT2D eigenvalue weighted by Gasteiger charge is -2.32. The van der Waals surface area contributed by atoms with Gasteiger partial charge in [-0.1, -0.05) is 4.49 Å². The average Bonchev–Trinajstić information content (AvgIpc) is 2.53. The highest BCUT2D eigenvalue weighted by Crippen LogP contribution is 2.18. The number of amides is 1. The largest absolute Gasteiger partial charge is 0.348 e. The van der Waals surface area contributed by atoms with Crippen LogP contribution in [-0.2, 0) is 0 Å². The smallest absolute Gasteiger partial charge is 0.264 e. The SMILES string of the molecule is NC1CC(NC(=O)c2cnns2)C1. The van der Waals surface area contributed by atoms with Gasteiger partial charge in [0.15, 0.2) is 0 Å². The number of rotatable bonds is 2. The highest BCUT2D eigenvalue weighted by molar-refractivity contribution is 7.07. The first-order chi connectivity index (χ1) is 6.25. The van der Waals surface area contributed by atoms with Crippen LogP contribution in [0.1, 0.15) is 22.5 Å². The summed E-state index contributed by atoms with van der Waals surface area (Å²) in [5, 5.41) is 6.45. The highest BCUT2D eigenvalue weighted by Gasteiger charge is 2.27.